The lowest BCUT2D eigenvalue weighted by molar-refractivity contribution is -0.118. The quantitative estimate of drug-likeness (QED) is 0.618. The van der Waals surface area contributed by atoms with Crippen molar-refractivity contribution in [2.24, 2.45) is 0 Å². The van der Waals surface area contributed by atoms with Gasteiger partial charge in [-0.3, -0.25) is 4.79 Å². The molecular formula is C23H27N3O2. The Bertz CT molecular complexity index is 1020. The Morgan fingerprint density at radius 2 is 2.00 bits per heavy atom. The van der Waals surface area contributed by atoms with Crippen molar-refractivity contribution in [1.29, 1.82) is 0 Å². The van der Waals surface area contributed by atoms with Gasteiger partial charge < -0.3 is 14.6 Å². The lowest BCUT2D eigenvalue weighted by Crippen LogP contribution is -2.29. The third-order valence-corrected chi connectivity index (χ3v) is 4.71. The number of rotatable bonds is 7. The van der Waals surface area contributed by atoms with Crippen molar-refractivity contribution in [2.75, 3.05) is 6.61 Å². The Morgan fingerprint density at radius 1 is 1.25 bits per heavy atom. The highest BCUT2D eigenvalue weighted by atomic mass is 16.5. The van der Waals surface area contributed by atoms with Crippen LogP contribution in [-0.4, -0.2) is 22.1 Å². The van der Waals surface area contributed by atoms with Gasteiger partial charge in [-0.1, -0.05) is 36.4 Å². The van der Waals surface area contributed by atoms with E-state index < -0.39 is 0 Å². The van der Waals surface area contributed by atoms with E-state index >= 15 is 0 Å². The Morgan fingerprint density at radius 3 is 2.71 bits per heavy atom. The maximum Gasteiger partial charge on any atom is 0.246 e. The van der Waals surface area contributed by atoms with E-state index in [1.807, 2.05) is 37.3 Å². The molecule has 0 spiro atoms. The highest BCUT2D eigenvalue weighted by Gasteiger charge is 2.18. The molecule has 1 unspecified atom stereocenters. The zero-order valence-corrected chi connectivity index (χ0v) is 17.0. The molecule has 0 saturated carbocycles. The summed E-state index contributed by atoms with van der Waals surface area (Å²) in [4.78, 5) is 16.8. The van der Waals surface area contributed by atoms with Crippen LogP contribution in [0.4, 0.5) is 0 Å². The van der Waals surface area contributed by atoms with Crippen molar-refractivity contribution >= 4 is 16.9 Å². The fourth-order valence-electron chi connectivity index (χ4n) is 3.25. The summed E-state index contributed by atoms with van der Waals surface area (Å²) in [6.07, 6.45) is 0. The number of amides is 1. The molecule has 1 aromatic heterocycles. The van der Waals surface area contributed by atoms with Crippen LogP contribution in [-0.2, 0) is 11.3 Å². The van der Waals surface area contributed by atoms with Crippen LogP contribution in [0.2, 0.25) is 0 Å². The first kappa shape index (κ1) is 19.7. The number of aromatic nitrogens is 2. The van der Waals surface area contributed by atoms with Gasteiger partial charge in [-0.05, 0) is 51.5 Å². The Kier molecular flexibility index (Phi) is 5.83. The van der Waals surface area contributed by atoms with Gasteiger partial charge in [0.15, 0.2) is 0 Å². The Hall–Kier alpha value is -3.08. The third kappa shape index (κ3) is 4.25. The van der Waals surface area contributed by atoms with E-state index in [0.717, 1.165) is 28.2 Å². The molecule has 0 bridgehead atoms. The number of hydrogen-bond donors (Lipinski definition) is 1. The fourth-order valence-corrected chi connectivity index (χ4v) is 3.25. The largest absolute Gasteiger partial charge is 0.491 e. The highest BCUT2D eigenvalue weighted by molar-refractivity contribution is 5.92. The van der Waals surface area contributed by atoms with Crippen molar-refractivity contribution in [3.05, 3.63) is 71.6 Å². The van der Waals surface area contributed by atoms with E-state index in [1.165, 1.54) is 5.56 Å². The number of nitrogens with one attached hydrogen (secondary N) is 1. The Labute approximate surface area is 166 Å². The average molecular weight is 377 g/mol. The van der Waals surface area contributed by atoms with E-state index in [2.05, 4.69) is 42.4 Å². The summed E-state index contributed by atoms with van der Waals surface area (Å²) in [6.45, 7) is 12.6. The predicted molar refractivity (Wildman–Crippen MR) is 113 cm³/mol. The number of fused-ring (bicyclic) bond motifs is 1. The molecule has 1 atom stereocenters. The summed E-state index contributed by atoms with van der Waals surface area (Å²) in [5.41, 5.74) is 4.75. The lowest BCUT2D eigenvalue weighted by atomic mass is 10.1. The first-order valence-corrected chi connectivity index (χ1v) is 9.48. The number of para-hydroxylation sites is 2. The van der Waals surface area contributed by atoms with Gasteiger partial charge in [0.2, 0.25) is 5.91 Å². The molecule has 0 aliphatic carbocycles. The van der Waals surface area contributed by atoms with Crippen LogP contribution in [0.15, 0.2) is 54.6 Å². The minimum absolute atomic E-state index is 0.169. The SMILES string of the molecule is C=C(C)C(=O)NC(C)c1nc2ccccc2n1CCOc1ccc(C)cc1C. The molecule has 2 aromatic carbocycles. The minimum atomic E-state index is -0.238. The number of benzene rings is 2. The maximum absolute atomic E-state index is 12.0. The first-order valence-electron chi connectivity index (χ1n) is 9.48. The molecular weight excluding hydrogens is 350 g/mol. The van der Waals surface area contributed by atoms with Gasteiger partial charge >= 0.3 is 0 Å². The molecule has 5 heteroatoms. The van der Waals surface area contributed by atoms with Crippen molar-refractivity contribution in [1.82, 2.24) is 14.9 Å². The lowest BCUT2D eigenvalue weighted by Gasteiger charge is -2.17. The molecule has 1 heterocycles. The molecule has 5 nitrogen and oxygen atoms in total. The molecule has 28 heavy (non-hydrogen) atoms. The van der Waals surface area contributed by atoms with Crippen molar-refractivity contribution in [3.63, 3.8) is 0 Å². The van der Waals surface area contributed by atoms with Crippen LogP contribution >= 0.6 is 0 Å². The second-order valence-corrected chi connectivity index (χ2v) is 7.20. The van der Waals surface area contributed by atoms with Crippen LogP contribution in [0, 0.1) is 13.8 Å². The molecule has 0 saturated heterocycles. The number of hydrogen-bond acceptors (Lipinski definition) is 3. The van der Waals surface area contributed by atoms with Gasteiger partial charge in [0, 0.05) is 5.57 Å². The maximum atomic E-state index is 12.0. The molecule has 3 aromatic rings. The van der Waals surface area contributed by atoms with Crippen molar-refractivity contribution < 1.29 is 9.53 Å². The summed E-state index contributed by atoms with van der Waals surface area (Å²) in [5, 5.41) is 2.96. The monoisotopic (exact) mass is 377 g/mol. The topological polar surface area (TPSA) is 56.2 Å². The third-order valence-electron chi connectivity index (χ3n) is 4.71. The van der Waals surface area contributed by atoms with Gasteiger partial charge in [0.1, 0.15) is 18.2 Å². The molecule has 0 fully saturated rings. The molecule has 146 valence electrons. The summed E-state index contributed by atoms with van der Waals surface area (Å²) in [6, 6.07) is 13.9. The van der Waals surface area contributed by atoms with Crippen molar-refractivity contribution in [3.8, 4) is 5.75 Å². The van der Waals surface area contributed by atoms with Gasteiger partial charge in [-0.2, -0.15) is 0 Å². The van der Waals surface area contributed by atoms with Gasteiger partial charge in [-0.15, -0.1) is 0 Å². The molecule has 1 amide bonds. The summed E-state index contributed by atoms with van der Waals surface area (Å²) in [7, 11) is 0. The first-order chi connectivity index (χ1) is 13.4. The van der Waals surface area contributed by atoms with Gasteiger partial charge in [0.05, 0.1) is 23.6 Å². The van der Waals surface area contributed by atoms with E-state index in [4.69, 9.17) is 9.72 Å². The summed E-state index contributed by atoms with van der Waals surface area (Å²) >= 11 is 0. The number of imidazole rings is 1. The van der Waals surface area contributed by atoms with E-state index in [1.54, 1.807) is 6.92 Å². The van der Waals surface area contributed by atoms with Crippen LogP contribution in [0.25, 0.3) is 11.0 Å². The number of aryl methyl sites for hydroxylation is 2. The minimum Gasteiger partial charge on any atom is -0.491 e. The zero-order valence-electron chi connectivity index (χ0n) is 17.0. The average Bonchev–Trinajstić information content (AvgIpc) is 3.02. The fraction of sp³-hybridized carbons (Fsp3) is 0.304. The highest BCUT2D eigenvalue weighted by Crippen LogP contribution is 2.22. The number of carbonyl (C=O) groups is 1. The number of carbonyl (C=O) groups excluding carboxylic acids is 1. The van der Waals surface area contributed by atoms with Crippen molar-refractivity contribution in [2.45, 2.75) is 40.3 Å². The standard InChI is InChI=1S/C23H27N3O2/c1-15(2)23(27)24-18(5)22-25-19-8-6-7-9-20(19)26(22)12-13-28-21-11-10-16(3)14-17(21)4/h6-11,14,18H,1,12-13H2,2-5H3,(H,24,27). The van der Waals surface area contributed by atoms with Crippen LogP contribution in [0.1, 0.15) is 36.8 Å². The summed E-state index contributed by atoms with van der Waals surface area (Å²) < 4.78 is 8.13. The predicted octanol–water partition coefficient (Wildman–Crippen LogP) is 4.49. The number of ether oxygens (including phenoxy) is 1. The van der Waals surface area contributed by atoms with Crippen LogP contribution < -0.4 is 10.1 Å². The molecule has 1 N–H and O–H groups in total. The molecule has 0 aliphatic heterocycles. The van der Waals surface area contributed by atoms with E-state index in [-0.39, 0.29) is 11.9 Å². The van der Waals surface area contributed by atoms with Crippen LogP contribution in [0.3, 0.4) is 0 Å². The molecule has 0 aliphatic rings. The van der Waals surface area contributed by atoms with Gasteiger partial charge in [0.25, 0.3) is 0 Å². The Balaban J connectivity index is 1.82. The smallest absolute Gasteiger partial charge is 0.246 e. The van der Waals surface area contributed by atoms with Crippen LogP contribution in [0.5, 0.6) is 5.75 Å². The molecule has 3 rings (SSSR count). The summed E-state index contributed by atoms with van der Waals surface area (Å²) in [5.74, 6) is 1.53. The normalized spacial score (nSPS) is 12.0. The second kappa shape index (κ2) is 8.30. The number of nitrogens with zero attached hydrogens (tertiary/aromatic N) is 2. The zero-order chi connectivity index (χ0) is 20.3. The second-order valence-electron chi connectivity index (χ2n) is 7.20. The van der Waals surface area contributed by atoms with E-state index in [9.17, 15) is 4.79 Å². The molecule has 0 radical (unpaired) electrons. The van der Waals surface area contributed by atoms with E-state index in [0.29, 0.717) is 18.7 Å². The van der Waals surface area contributed by atoms with Gasteiger partial charge in [-0.25, -0.2) is 4.98 Å².